The first-order valence-corrected chi connectivity index (χ1v) is 6.70. The average molecular weight is 327 g/mol. The van der Waals surface area contributed by atoms with Crippen LogP contribution >= 0.6 is 15.9 Å². The second kappa shape index (κ2) is 6.26. The molecular formula is C15H13BrF2O. The largest absolute Gasteiger partial charge is 0.392 e. The molecule has 0 saturated carbocycles. The number of aliphatic hydroxyl groups is 1. The van der Waals surface area contributed by atoms with E-state index in [2.05, 4.69) is 15.9 Å². The number of hydrogen-bond donors (Lipinski definition) is 1. The second-order valence-corrected chi connectivity index (χ2v) is 5.34. The van der Waals surface area contributed by atoms with Gasteiger partial charge < -0.3 is 5.11 Å². The molecule has 0 bridgehead atoms. The minimum Gasteiger partial charge on any atom is -0.392 e. The molecule has 2 aromatic carbocycles. The van der Waals surface area contributed by atoms with Gasteiger partial charge in [0.05, 0.1) is 6.10 Å². The molecular weight excluding hydrogens is 314 g/mol. The highest BCUT2D eigenvalue weighted by Gasteiger charge is 2.11. The number of benzene rings is 2. The minimum absolute atomic E-state index is 0.165. The van der Waals surface area contributed by atoms with Gasteiger partial charge in [0.15, 0.2) is 0 Å². The number of halogens is 3. The highest BCUT2D eigenvalue weighted by atomic mass is 79.9. The van der Waals surface area contributed by atoms with E-state index in [0.29, 0.717) is 12.0 Å². The summed E-state index contributed by atoms with van der Waals surface area (Å²) >= 11 is 3.36. The lowest BCUT2D eigenvalue weighted by atomic mass is 10.0. The van der Waals surface area contributed by atoms with Crippen LogP contribution in [0.5, 0.6) is 0 Å². The molecule has 1 nitrogen and oxygen atoms in total. The fourth-order valence-corrected chi connectivity index (χ4v) is 2.40. The number of aliphatic hydroxyl groups excluding tert-OH is 1. The van der Waals surface area contributed by atoms with Gasteiger partial charge in [-0.3, -0.25) is 0 Å². The molecule has 1 atom stereocenters. The SMILES string of the molecule is OC(Cc1cccc(Br)c1)Cc1ccc(F)cc1F. The van der Waals surface area contributed by atoms with E-state index in [4.69, 9.17) is 0 Å². The van der Waals surface area contributed by atoms with Crippen LogP contribution in [0.3, 0.4) is 0 Å². The molecule has 100 valence electrons. The summed E-state index contributed by atoms with van der Waals surface area (Å²) in [6, 6.07) is 11.0. The molecule has 1 N–H and O–H groups in total. The van der Waals surface area contributed by atoms with Crippen LogP contribution in [0.25, 0.3) is 0 Å². The van der Waals surface area contributed by atoms with Gasteiger partial charge in [-0.25, -0.2) is 8.78 Å². The number of hydrogen-bond acceptors (Lipinski definition) is 1. The van der Waals surface area contributed by atoms with Crippen LogP contribution in [0, 0.1) is 11.6 Å². The zero-order valence-corrected chi connectivity index (χ0v) is 11.7. The molecule has 2 aromatic rings. The molecule has 1 unspecified atom stereocenters. The van der Waals surface area contributed by atoms with Gasteiger partial charge >= 0.3 is 0 Å². The van der Waals surface area contributed by atoms with Crippen molar-refractivity contribution in [2.24, 2.45) is 0 Å². The molecule has 19 heavy (non-hydrogen) atoms. The van der Waals surface area contributed by atoms with Crippen molar-refractivity contribution in [3.05, 3.63) is 69.7 Å². The van der Waals surface area contributed by atoms with Gasteiger partial charge in [0.1, 0.15) is 11.6 Å². The summed E-state index contributed by atoms with van der Waals surface area (Å²) < 4.78 is 27.2. The molecule has 0 aliphatic carbocycles. The molecule has 0 heterocycles. The summed E-state index contributed by atoms with van der Waals surface area (Å²) in [4.78, 5) is 0. The first-order chi connectivity index (χ1) is 9.04. The van der Waals surface area contributed by atoms with Crippen molar-refractivity contribution in [1.82, 2.24) is 0 Å². The van der Waals surface area contributed by atoms with Crippen molar-refractivity contribution in [3.63, 3.8) is 0 Å². The predicted octanol–water partition coefficient (Wildman–Crippen LogP) is 3.87. The standard InChI is InChI=1S/C15H13BrF2O/c16-12-3-1-2-10(6-12)7-14(19)8-11-4-5-13(17)9-15(11)18/h1-6,9,14,19H,7-8H2. The lowest BCUT2D eigenvalue weighted by Gasteiger charge is -2.11. The summed E-state index contributed by atoms with van der Waals surface area (Å²) in [5.41, 5.74) is 1.29. The van der Waals surface area contributed by atoms with Gasteiger partial charge in [-0.2, -0.15) is 0 Å². The quantitative estimate of drug-likeness (QED) is 0.904. The third-order valence-corrected chi connectivity index (χ3v) is 3.32. The van der Waals surface area contributed by atoms with Crippen molar-refractivity contribution in [2.75, 3.05) is 0 Å². The first-order valence-electron chi connectivity index (χ1n) is 5.91. The summed E-state index contributed by atoms with van der Waals surface area (Å²) in [5.74, 6) is -1.23. The van der Waals surface area contributed by atoms with Crippen LogP contribution in [-0.2, 0) is 12.8 Å². The van der Waals surface area contributed by atoms with E-state index in [0.717, 1.165) is 16.1 Å². The fourth-order valence-electron chi connectivity index (χ4n) is 1.95. The van der Waals surface area contributed by atoms with E-state index in [9.17, 15) is 13.9 Å². The van der Waals surface area contributed by atoms with E-state index in [-0.39, 0.29) is 6.42 Å². The Balaban J connectivity index is 2.03. The fraction of sp³-hybridized carbons (Fsp3) is 0.200. The zero-order valence-electron chi connectivity index (χ0n) is 10.1. The van der Waals surface area contributed by atoms with Gasteiger partial charge in [-0.05, 0) is 35.7 Å². The molecule has 0 aliphatic heterocycles. The highest BCUT2D eigenvalue weighted by Crippen LogP contribution is 2.16. The maximum Gasteiger partial charge on any atom is 0.129 e. The Kier molecular flexibility index (Phi) is 4.66. The molecule has 0 aliphatic rings. The Hall–Kier alpha value is -1.26. The van der Waals surface area contributed by atoms with Crippen LogP contribution < -0.4 is 0 Å². The molecule has 0 radical (unpaired) electrons. The number of rotatable bonds is 4. The molecule has 2 rings (SSSR count). The minimum atomic E-state index is -0.700. The van der Waals surface area contributed by atoms with Crippen LogP contribution in [-0.4, -0.2) is 11.2 Å². The Labute approximate surface area is 119 Å². The van der Waals surface area contributed by atoms with Gasteiger partial charge in [0.25, 0.3) is 0 Å². The van der Waals surface area contributed by atoms with Crippen LogP contribution in [0.4, 0.5) is 8.78 Å². The molecule has 0 fully saturated rings. The van der Waals surface area contributed by atoms with Gasteiger partial charge in [-0.1, -0.05) is 34.1 Å². The molecule has 0 aromatic heterocycles. The van der Waals surface area contributed by atoms with Crippen molar-refractivity contribution < 1.29 is 13.9 Å². The normalized spacial score (nSPS) is 12.4. The summed E-state index contributed by atoms with van der Waals surface area (Å²) in [6.45, 7) is 0. The second-order valence-electron chi connectivity index (χ2n) is 4.43. The smallest absolute Gasteiger partial charge is 0.129 e. The third-order valence-electron chi connectivity index (χ3n) is 2.83. The predicted molar refractivity (Wildman–Crippen MR) is 73.9 cm³/mol. The van der Waals surface area contributed by atoms with Gasteiger partial charge in [0.2, 0.25) is 0 Å². The zero-order chi connectivity index (χ0) is 13.8. The third kappa shape index (κ3) is 4.11. The highest BCUT2D eigenvalue weighted by molar-refractivity contribution is 9.10. The van der Waals surface area contributed by atoms with E-state index < -0.39 is 17.7 Å². The van der Waals surface area contributed by atoms with Crippen LogP contribution in [0.2, 0.25) is 0 Å². The van der Waals surface area contributed by atoms with Crippen molar-refractivity contribution in [2.45, 2.75) is 18.9 Å². The summed E-state index contributed by atoms with van der Waals surface area (Å²) in [5, 5.41) is 9.96. The van der Waals surface area contributed by atoms with E-state index >= 15 is 0 Å². The van der Waals surface area contributed by atoms with Gasteiger partial charge in [0, 0.05) is 17.0 Å². The van der Waals surface area contributed by atoms with Gasteiger partial charge in [-0.15, -0.1) is 0 Å². The lowest BCUT2D eigenvalue weighted by molar-refractivity contribution is 0.174. The molecule has 4 heteroatoms. The Morgan fingerprint density at radius 2 is 1.84 bits per heavy atom. The Morgan fingerprint density at radius 3 is 2.53 bits per heavy atom. The van der Waals surface area contributed by atoms with Crippen molar-refractivity contribution >= 4 is 15.9 Å². The first kappa shape index (κ1) is 14.2. The maximum atomic E-state index is 13.5. The molecule has 0 spiro atoms. The van der Waals surface area contributed by atoms with E-state index in [1.807, 2.05) is 24.3 Å². The van der Waals surface area contributed by atoms with Crippen molar-refractivity contribution in [1.29, 1.82) is 0 Å². The molecule has 0 amide bonds. The van der Waals surface area contributed by atoms with E-state index in [1.54, 1.807) is 0 Å². The van der Waals surface area contributed by atoms with Crippen molar-refractivity contribution in [3.8, 4) is 0 Å². The average Bonchev–Trinajstić information content (AvgIpc) is 2.33. The topological polar surface area (TPSA) is 20.2 Å². The Morgan fingerprint density at radius 1 is 1.05 bits per heavy atom. The van der Waals surface area contributed by atoms with Crippen LogP contribution in [0.1, 0.15) is 11.1 Å². The maximum absolute atomic E-state index is 13.5. The van der Waals surface area contributed by atoms with Crippen LogP contribution in [0.15, 0.2) is 46.9 Å². The summed E-state index contributed by atoms with van der Waals surface area (Å²) in [6.07, 6.45) is -0.108. The lowest BCUT2D eigenvalue weighted by Crippen LogP contribution is -2.15. The van der Waals surface area contributed by atoms with E-state index in [1.165, 1.54) is 12.1 Å². The molecule has 0 saturated heterocycles. The Bertz CT molecular complexity index is 572. The summed E-state index contributed by atoms with van der Waals surface area (Å²) in [7, 11) is 0. The monoisotopic (exact) mass is 326 g/mol.